The summed E-state index contributed by atoms with van der Waals surface area (Å²) in [7, 11) is 0. The van der Waals surface area contributed by atoms with Gasteiger partial charge in [-0.3, -0.25) is 0 Å². The molecule has 66 valence electrons. The van der Waals surface area contributed by atoms with Crippen LogP contribution >= 0.6 is 23.1 Å². The van der Waals surface area contributed by atoms with Gasteiger partial charge in [0.15, 0.2) is 4.34 Å². The van der Waals surface area contributed by atoms with Crippen molar-refractivity contribution in [3.63, 3.8) is 0 Å². The molecule has 0 amide bonds. The van der Waals surface area contributed by atoms with Crippen LogP contribution in [0.5, 0.6) is 0 Å². The Kier molecular flexibility index (Phi) is 2.61. The summed E-state index contributed by atoms with van der Waals surface area (Å²) >= 11 is 3.26. The molecule has 0 saturated heterocycles. The molecule has 0 aliphatic rings. The average Bonchev–Trinajstić information content (AvgIpc) is 2.67. The third-order valence-corrected chi connectivity index (χ3v) is 3.55. The lowest BCUT2D eigenvalue weighted by Gasteiger charge is -1.90. The first-order valence-electron chi connectivity index (χ1n) is 3.83. The van der Waals surface area contributed by atoms with Crippen molar-refractivity contribution in [1.82, 2.24) is 10.2 Å². The number of benzene rings is 1. The van der Waals surface area contributed by atoms with Crippen LogP contribution in [0.2, 0.25) is 0 Å². The zero-order valence-electron chi connectivity index (χ0n) is 7.10. The van der Waals surface area contributed by atoms with Gasteiger partial charge in [0.2, 0.25) is 0 Å². The normalized spacial score (nSPS) is 10.2. The Morgan fingerprint density at radius 3 is 2.54 bits per heavy atom. The molecule has 2 aromatic rings. The highest BCUT2D eigenvalue weighted by Crippen LogP contribution is 2.27. The molecule has 0 unspecified atom stereocenters. The third-order valence-electron chi connectivity index (χ3n) is 1.60. The molecular weight excluding hydrogens is 200 g/mol. The van der Waals surface area contributed by atoms with Crippen LogP contribution in [0.4, 0.5) is 0 Å². The number of hydrogen-bond acceptors (Lipinski definition) is 4. The maximum atomic E-state index is 4.10. The van der Waals surface area contributed by atoms with Gasteiger partial charge in [-0.2, -0.15) is 0 Å². The summed E-state index contributed by atoms with van der Waals surface area (Å²) in [5, 5.41) is 9.14. The monoisotopic (exact) mass is 208 g/mol. The standard InChI is InChI=1S/C9H8N2S2/c1-12-9-11-10-8(13-9)7-5-3-2-4-6-7/h2-6H,1H3. The van der Waals surface area contributed by atoms with Gasteiger partial charge in [0.1, 0.15) is 5.01 Å². The molecular formula is C9H8N2S2. The van der Waals surface area contributed by atoms with E-state index in [2.05, 4.69) is 10.2 Å². The fourth-order valence-corrected chi connectivity index (χ4v) is 2.26. The topological polar surface area (TPSA) is 25.8 Å². The summed E-state index contributed by atoms with van der Waals surface area (Å²) in [5.41, 5.74) is 1.14. The average molecular weight is 208 g/mol. The minimum Gasteiger partial charge on any atom is -0.137 e. The van der Waals surface area contributed by atoms with Crippen LogP contribution in [0.3, 0.4) is 0 Å². The Hall–Kier alpha value is -0.870. The second kappa shape index (κ2) is 3.89. The fourth-order valence-electron chi connectivity index (χ4n) is 0.990. The maximum absolute atomic E-state index is 4.10. The van der Waals surface area contributed by atoms with E-state index >= 15 is 0 Å². The molecule has 0 atom stereocenters. The van der Waals surface area contributed by atoms with Crippen LogP contribution in [0.15, 0.2) is 34.7 Å². The minimum atomic E-state index is 0.991. The van der Waals surface area contributed by atoms with Crippen LogP contribution in [-0.4, -0.2) is 16.5 Å². The van der Waals surface area contributed by atoms with Crippen molar-refractivity contribution in [3.8, 4) is 10.6 Å². The lowest BCUT2D eigenvalue weighted by atomic mass is 10.2. The first-order valence-corrected chi connectivity index (χ1v) is 5.87. The van der Waals surface area contributed by atoms with E-state index in [9.17, 15) is 0 Å². The number of thioether (sulfide) groups is 1. The van der Waals surface area contributed by atoms with E-state index in [1.54, 1.807) is 23.1 Å². The Labute approximate surface area is 85.0 Å². The quantitative estimate of drug-likeness (QED) is 0.710. The summed E-state index contributed by atoms with van der Waals surface area (Å²) in [5.74, 6) is 0. The molecule has 2 nitrogen and oxygen atoms in total. The smallest absolute Gasteiger partial charge is 0.137 e. The third kappa shape index (κ3) is 1.89. The van der Waals surface area contributed by atoms with Gasteiger partial charge in [-0.1, -0.05) is 53.4 Å². The molecule has 0 aliphatic heterocycles. The summed E-state index contributed by atoms with van der Waals surface area (Å²) in [6.07, 6.45) is 2.01. The largest absolute Gasteiger partial charge is 0.174 e. The van der Waals surface area contributed by atoms with E-state index in [1.165, 1.54) is 0 Å². The van der Waals surface area contributed by atoms with Crippen LogP contribution in [-0.2, 0) is 0 Å². The molecule has 0 aliphatic carbocycles. The molecule has 0 fully saturated rings. The van der Waals surface area contributed by atoms with Gasteiger partial charge < -0.3 is 0 Å². The number of rotatable bonds is 2. The molecule has 1 heterocycles. The van der Waals surface area contributed by atoms with Crippen LogP contribution in [0.1, 0.15) is 0 Å². The van der Waals surface area contributed by atoms with E-state index in [4.69, 9.17) is 0 Å². The first-order chi connectivity index (χ1) is 6.40. The second-order valence-electron chi connectivity index (χ2n) is 2.44. The minimum absolute atomic E-state index is 0.991. The Balaban J connectivity index is 2.36. The van der Waals surface area contributed by atoms with Gasteiger partial charge in [-0.05, 0) is 6.26 Å². The van der Waals surface area contributed by atoms with Gasteiger partial charge in [0.05, 0.1) is 0 Å². The van der Waals surface area contributed by atoms with Crippen molar-refractivity contribution in [2.24, 2.45) is 0 Å². The molecule has 13 heavy (non-hydrogen) atoms. The summed E-state index contributed by atoms with van der Waals surface area (Å²) in [6.45, 7) is 0. The molecule has 2 rings (SSSR count). The van der Waals surface area contributed by atoms with E-state index in [0.29, 0.717) is 0 Å². The number of hydrogen-bond donors (Lipinski definition) is 0. The first kappa shape index (κ1) is 8.72. The van der Waals surface area contributed by atoms with Crippen LogP contribution < -0.4 is 0 Å². The molecule has 0 bridgehead atoms. The lowest BCUT2D eigenvalue weighted by molar-refractivity contribution is 1.02. The van der Waals surface area contributed by atoms with E-state index in [1.807, 2.05) is 36.6 Å². The Morgan fingerprint density at radius 2 is 1.92 bits per heavy atom. The van der Waals surface area contributed by atoms with Gasteiger partial charge in [0.25, 0.3) is 0 Å². The van der Waals surface area contributed by atoms with E-state index in [-0.39, 0.29) is 0 Å². The fraction of sp³-hybridized carbons (Fsp3) is 0.111. The van der Waals surface area contributed by atoms with Gasteiger partial charge in [-0.15, -0.1) is 10.2 Å². The van der Waals surface area contributed by atoms with Crippen molar-refractivity contribution in [3.05, 3.63) is 30.3 Å². The van der Waals surface area contributed by atoms with Crippen molar-refractivity contribution in [1.29, 1.82) is 0 Å². The van der Waals surface area contributed by atoms with Crippen LogP contribution in [0.25, 0.3) is 10.6 Å². The van der Waals surface area contributed by atoms with Crippen molar-refractivity contribution in [2.45, 2.75) is 4.34 Å². The van der Waals surface area contributed by atoms with Crippen molar-refractivity contribution >= 4 is 23.1 Å². The summed E-state index contributed by atoms with van der Waals surface area (Å²) < 4.78 is 1.01. The second-order valence-corrected chi connectivity index (χ2v) is 4.47. The van der Waals surface area contributed by atoms with Gasteiger partial charge in [-0.25, -0.2) is 0 Å². The van der Waals surface area contributed by atoms with Crippen molar-refractivity contribution in [2.75, 3.05) is 6.26 Å². The molecule has 0 N–H and O–H groups in total. The molecule has 0 spiro atoms. The van der Waals surface area contributed by atoms with E-state index < -0.39 is 0 Å². The molecule has 4 heteroatoms. The maximum Gasteiger partial charge on any atom is 0.174 e. The highest BCUT2D eigenvalue weighted by Gasteiger charge is 2.03. The van der Waals surface area contributed by atoms with E-state index in [0.717, 1.165) is 14.9 Å². The molecule has 1 aromatic carbocycles. The zero-order chi connectivity index (χ0) is 9.10. The molecule has 1 aromatic heterocycles. The predicted octanol–water partition coefficient (Wildman–Crippen LogP) is 2.93. The SMILES string of the molecule is CSc1nnc(-c2ccccc2)s1. The molecule has 0 saturated carbocycles. The summed E-state index contributed by atoms with van der Waals surface area (Å²) in [6, 6.07) is 10.1. The lowest BCUT2D eigenvalue weighted by Crippen LogP contribution is -1.74. The van der Waals surface area contributed by atoms with Crippen molar-refractivity contribution < 1.29 is 0 Å². The van der Waals surface area contributed by atoms with Crippen LogP contribution in [0, 0.1) is 0 Å². The Bertz CT molecular complexity index is 384. The summed E-state index contributed by atoms with van der Waals surface area (Å²) in [4.78, 5) is 0. The predicted molar refractivity (Wildman–Crippen MR) is 57.1 cm³/mol. The highest BCUT2D eigenvalue weighted by molar-refractivity contribution is 8.00. The number of nitrogens with zero attached hydrogens (tertiary/aromatic N) is 2. The number of aromatic nitrogens is 2. The van der Waals surface area contributed by atoms with Gasteiger partial charge >= 0.3 is 0 Å². The Morgan fingerprint density at radius 1 is 1.15 bits per heavy atom. The zero-order valence-corrected chi connectivity index (χ0v) is 8.73. The van der Waals surface area contributed by atoms with Gasteiger partial charge in [0, 0.05) is 5.56 Å². The highest BCUT2D eigenvalue weighted by atomic mass is 32.2. The molecule has 0 radical (unpaired) electrons.